The average molecular weight is 536 g/mol. The van der Waals surface area contributed by atoms with Crippen LogP contribution in [0.4, 0.5) is 5.00 Å². The summed E-state index contributed by atoms with van der Waals surface area (Å²) in [6.45, 7) is 5.51. The minimum absolute atomic E-state index is 0. The van der Waals surface area contributed by atoms with Crippen LogP contribution >= 0.6 is 35.1 Å². The number of aryl methyl sites for hydroxylation is 1. The molecular weight excluding hydrogens is 510 g/mol. The van der Waals surface area contributed by atoms with Crippen molar-refractivity contribution in [1.29, 1.82) is 0 Å². The quantitative estimate of drug-likeness (QED) is 0.270. The Hall–Kier alpha value is -3.04. The number of anilines is 1. The molecule has 0 saturated carbocycles. The SMILES string of the molecule is CCn1ccc(C(=O)Nc2sc3c(c2-c2nc4ccccc4s2)CCN(Cc2ccccc2)C3)n1.Cl. The third-order valence-electron chi connectivity index (χ3n) is 6.32. The molecule has 9 heteroatoms. The van der Waals surface area contributed by atoms with Crippen LogP contribution in [0.3, 0.4) is 0 Å². The number of hydrogen-bond donors (Lipinski definition) is 1. The van der Waals surface area contributed by atoms with Crippen molar-refractivity contribution in [3.05, 3.63) is 88.6 Å². The summed E-state index contributed by atoms with van der Waals surface area (Å²) in [7, 11) is 0. The van der Waals surface area contributed by atoms with Crippen molar-refractivity contribution in [3.8, 4) is 10.6 Å². The Labute approximate surface area is 224 Å². The molecule has 5 aromatic rings. The maximum absolute atomic E-state index is 13.1. The van der Waals surface area contributed by atoms with Crippen LogP contribution in [0.15, 0.2) is 66.9 Å². The first-order chi connectivity index (χ1) is 17.2. The molecule has 1 N–H and O–H groups in total. The van der Waals surface area contributed by atoms with Crippen LogP contribution in [0.2, 0.25) is 0 Å². The van der Waals surface area contributed by atoms with E-state index in [0.29, 0.717) is 5.69 Å². The molecular formula is C27H26ClN5OS2. The van der Waals surface area contributed by atoms with Gasteiger partial charge in [-0.1, -0.05) is 42.5 Å². The summed E-state index contributed by atoms with van der Waals surface area (Å²) in [5, 5.41) is 9.41. The highest BCUT2D eigenvalue weighted by Crippen LogP contribution is 2.46. The van der Waals surface area contributed by atoms with E-state index in [1.165, 1.54) is 16.0 Å². The largest absolute Gasteiger partial charge is 0.312 e. The van der Waals surface area contributed by atoms with Gasteiger partial charge in [0, 0.05) is 42.8 Å². The van der Waals surface area contributed by atoms with Crippen LogP contribution in [0, 0.1) is 0 Å². The number of fused-ring (bicyclic) bond motifs is 2. The zero-order valence-corrected chi connectivity index (χ0v) is 22.3. The molecule has 184 valence electrons. The molecule has 0 unspecified atom stereocenters. The molecule has 0 saturated heterocycles. The Balaban J connectivity index is 0.00000267. The van der Waals surface area contributed by atoms with E-state index in [1.807, 2.05) is 31.3 Å². The van der Waals surface area contributed by atoms with Gasteiger partial charge in [-0.2, -0.15) is 5.10 Å². The molecule has 0 radical (unpaired) electrons. The molecule has 1 aliphatic heterocycles. The number of aromatic nitrogens is 3. The Kier molecular flexibility index (Phi) is 7.20. The van der Waals surface area contributed by atoms with Crippen molar-refractivity contribution in [1.82, 2.24) is 19.7 Å². The van der Waals surface area contributed by atoms with Gasteiger partial charge in [-0.3, -0.25) is 14.4 Å². The van der Waals surface area contributed by atoms with E-state index < -0.39 is 0 Å². The van der Waals surface area contributed by atoms with Crippen molar-refractivity contribution < 1.29 is 4.79 Å². The molecule has 36 heavy (non-hydrogen) atoms. The van der Waals surface area contributed by atoms with Crippen LogP contribution in [-0.2, 0) is 26.1 Å². The summed E-state index contributed by atoms with van der Waals surface area (Å²) in [6.07, 6.45) is 2.77. The third kappa shape index (κ3) is 4.82. The van der Waals surface area contributed by atoms with Crippen molar-refractivity contribution >= 4 is 56.2 Å². The zero-order valence-electron chi connectivity index (χ0n) is 19.8. The van der Waals surface area contributed by atoms with Crippen molar-refractivity contribution in [2.45, 2.75) is 33.0 Å². The maximum Gasteiger partial charge on any atom is 0.276 e. The summed E-state index contributed by atoms with van der Waals surface area (Å²) in [4.78, 5) is 21.8. The first-order valence-electron chi connectivity index (χ1n) is 11.8. The highest BCUT2D eigenvalue weighted by atomic mass is 35.5. The summed E-state index contributed by atoms with van der Waals surface area (Å²) in [5.74, 6) is -0.181. The molecule has 0 spiro atoms. The Bertz CT molecular complexity index is 1470. The lowest BCUT2D eigenvalue weighted by molar-refractivity contribution is 0.102. The van der Waals surface area contributed by atoms with Crippen molar-refractivity contribution in [2.75, 3.05) is 11.9 Å². The molecule has 0 bridgehead atoms. The molecule has 4 heterocycles. The first-order valence-corrected chi connectivity index (χ1v) is 13.4. The van der Waals surface area contributed by atoms with Gasteiger partial charge in [0.2, 0.25) is 0 Å². The number of thiophene rings is 1. The van der Waals surface area contributed by atoms with E-state index in [0.717, 1.165) is 58.4 Å². The monoisotopic (exact) mass is 535 g/mol. The Morgan fingerprint density at radius 1 is 1.06 bits per heavy atom. The predicted molar refractivity (Wildman–Crippen MR) is 150 cm³/mol. The van der Waals surface area contributed by atoms with E-state index in [-0.39, 0.29) is 18.3 Å². The summed E-state index contributed by atoms with van der Waals surface area (Å²) in [5.41, 5.74) is 5.13. The highest BCUT2D eigenvalue weighted by molar-refractivity contribution is 7.23. The number of halogens is 1. The number of amides is 1. The minimum atomic E-state index is -0.181. The molecule has 1 amide bonds. The van der Waals surface area contributed by atoms with Crippen LogP contribution in [-0.4, -0.2) is 32.1 Å². The van der Waals surface area contributed by atoms with Gasteiger partial charge < -0.3 is 5.32 Å². The van der Waals surface area contributed by atoms with Gasteiger partial charge in [0.05, 0.1) is 10.2 Å². The van der Waals surface area contributed by atoms with E-state index in [4.69, 9.17) is 4.98 Å². The molecule has 6 nitrogen and oxygen atoms in total. The number of hydrogen-bond acceptors (Lipinski definition) is 6. The number of carbonyl (C=O) groups is 1. The number of para-hydroxylation sites is 1. The summed E-state index contributed by atoms with van der Waals surface area (Å²) < 4.78 is 2.92. The molecule has 0 atom stereocenters. The maximum atomic E-state index is 13.1. The standard InChI is InChI=1S/C27H25N5OS2.ClH/c1-2-32-15-13-21(30-32)25(33)29-27-24(26-28-20-10-6-7-11-22(20)34-26)19-12-14-31(17-23(19)35-27)16-18-8-4-3-5-9-18;/h3-11,13,15H,2,12,14,16-17H2,1H3,(H,29,33);1H. The first kappa shape index (κ1) is 24.6. The van der Waals surface area contributed by atoms with E-state index in [1.54, 1.807) is 33.4 Å². The predicted octanol–water partition coefficient (Wildman–Crippen LogP) is 6.47. The molecule has 3 aromatic heterocycles. The number of nitrogens with zero attached hydrogens (tertiary/aromatic N) is 4. The van der Waals surface area contributed by atoms with E-state index >= 15 is 0 Å². The topological polar surface area (TPSA) is 63.1 Å². The molecule has 0 aliphatic carbocycles. The fourth-order valence-corrected chi connectivity index (χ4v) is 6.95. The van der Waals surface area contributed by atoms with Gasteiger partial charge in [0.1, 0.15) is 10.0 Å². The second-order valence-corrected chi connectivity index (χ2v) is 10.8. The number of thiazole rings is 1. The minimum Gasteiger partial charge on any atom is -0.312 e. The van der Waals surface area contributed by atoms with Crippen LogP contribution in [0.5, 0.6) is 0 Å². The third-order valence-corrected chi connectivity index (χ3v) is 8.50. The number of benzene rings is 2. The molecule has 6 rings (SSSR count). The fraction of sp³-hybridized carbons (Fsp3) is 0.222. The summed E-state index contributed by atoms with van der Waals surface area (Å²) >= 11 is 3.36. The fourth-order valence-electron chi connectivity index (χ4n) is 4.55. The average Bonchev–Trinajstić information content (AvgIpc) is 3.60. The molecule has 1 aliphatic rings. The van der Waals surface area contributed by atoms with Crippen LogP contribution < -0.4 is 5.32 Å². The summed E-state index contributed by atoms with van der Waals surface area (Å²) in [6, 6.07) is 20.6. The Morgan fingerprint density at radius 3 is 2.64 bits per heavy atom. The molecule has 0 fully saturated rings. The second kappa shape index (κ2) is 10.5. The van der Waals surface area contributed by atoms with Gasteiger partial charge in [0.15, 0.2) is 5.69 Å². The van der Waals surface area contributed by atoms with Gasteiger partial charge in [-0.25, -0.2) is 4.98 Å². The van der Waals surface area contributed by atoms with Gasteiger partial charge in [-0.05, 0) is 42.7 Å². The lowest BCUT2D eigenvalue weighted by Gasteiger charge is -2.27. The van der Waals surface area contributed by atoms with Gasteiger partial charge >= 0.3 is 0 Å². The van der Waals surface area contributed by atoms with Crippen molar-refractivity contribution in [3.63, 3.8) is 0 Å². The van der Waals surface area contributed by atoms with E-state index in [2.05, 4.69) is 51.7 Å². The molecule has 2 aromatic carbocycles. The number of nitrogens with one attached hydrogen (secondary N) is 1. The lowest BCUT2D eigenvalue weighted by atomic mass is 10.0. The second-order valence-electron chi connectivity index (χ2n) is 8.65. The number of rotatable bonds is 6. The van der Waals surface area contributed by atoms with Crippen LogP contribution in [0.25, 0.3) is 20.8 Å². The van der Waals surface area contributed by atoms with Gasteiger partial charge in [0.25, 0.3) is 5.91 Å². The number of carbonyl (C=O) groups excluding carboxylic acids is 1. The normalized spacial score (nSPS) is 13.4. The smallest absolute Gasteiger partial charge is 0.276 e. The zero-order chi connectivity index (χ0) is 23.8. The van der Waals surface area contributed by atoms with Crippen molar-refractivity contribution in [2.24, 2.45) is 0 Å². The Morgan fingerprint density at radius 2 is 1.86 bits per heavy atom. The highest BCUT2D eigenvalue weighted by Gasteiger charge is 2.28. The van der Waals surface area contributed by atoms with Crippen LogP contribution in [0.1, 0.15) is 33.4 Å². The van der Waals surface area contributed by atoms with Gasteiger partial charge in [-0.15, -0.1) is 35.1 Å². The lowest BCUT2D eigenvalue weighted by Crippen LogP contribution is -2.29. The van der Waals surface area contributed by atoms with E-state index in [9.17, 15) is 4.79 Å².